The lowest BCUT2D eigenvalue weighted by molar-refractivity contribution is 0.0625. The summed E-state index contributed by atoms with van der Waals surface area (Å²) in [5, 5.41) is 6.24. The van der Waals surface area contributed by atoms with Crippen LogP contribution in [0.3, 0.4) is 0 Å². The lowest BCUT2D eigenvalue weighted by Gasteiger charge is -2.26. The molecule has 0 aromatic heterocycles. The van der Waals surface area contributed by atoms with Crippen molar-refractivity contribution in [3.05, 3.63) is 29.8 Å². The fourth-order valence-corrected chi connectivity index (χ4v) is 3.16. The van der Waals surface area contributed by atoms with E-state index >= 15 is 0 Å². The fraction of sp³-hybridized carbons (Fsp3) is 0.619. The van der Waals surface area contributed by atoms with E-state index in [2.05, 4.69) is 34.5 Å². The second-order valence-electron chi connectivity index (χ2n) is 6.99. The summed E-state index contributed by atoms with van der Waals surface area (Å²) in [4.78, 5) is 19.0. The van der Waals surface area contributed by atoms with E-state index in [1.807, 2.05) is 0 Å². The third kappa shape index (κ3) is 7.38. The van der Waals surface area contributed by atoms with Gasteiger partial charge in [0.25, 0.3) is 5.91 Å². The van der Waals surface area contributed by atoms with Gasteiger partial charge in [0.15, 0.2) is 5.96 Å². The van der Waals surface area contributed by atoms with Crippen molar-refractivity contribution in [2.24, 2.45) is 10.9 Å². The Hall–Kier alpha value is -2.28. The number of nitrogens with one attached hydrogen (secondary N) is 2. The predicted molar refractivity (Wildman–Crippen MR) is 112 cm³/mol. The van der Waals surface area contributed by atoms with Crippen molar-refractivity contribution in [1.82, 2.24) is 15.5 Å². The second-order valence-corrected chi connectivity index (χ2v) is 6.99. The Bertz CT molecular complexity index is 613. The molecule has 0 bridgehead atoms. The molecule has 1 fully saturated rings. The van der Waals surface area contributed by atoms with Crippen LogP contribution in [-0.4, -0.2) is 70.3 Å². The van der Waals surface area contributed by atoms with Crippen LogP contribution in [0.4, 0.5) is 0 Å². The Morgan fingerprint density at radius 2 is 1.96 bits per heavy atom. The lowest BCUT2D eigenvalue weighted by Crippen LogP contribution is -2.40. The normalized spacial score (nSPS) is 15.2. The minimum atomic E-state index is -0.101. The van der Waals surface area contributed by atoms with Crippen LogP contribution in [0.2, 0.25) is 0 Å². The van der Waals surface area contributed by atoms with Gasteiger partial charge in [-0.15, -0.1) is 0 Å². The predicted octanol–water partition coefficient (Wildman–Crippen LogP) is 2.14. The Morgan fingerprint density at radius 3 is 2.61 bits per heavy atom. The zero-order valence-electron chi connectivity index (χ0n) is 17.4. The standard InChI is InChI=1S/C21H34N4O3/c1-4-22-21(25(2)14-9-17-10-15-28-16-11-17)24-13-12-23-20(26)18-5-7-19(27-3)8-6-18/h5-8,17H,4,9-16H2,1-3H3,(H,22,24)(H,23,26). The Balaban J connectivity index is 1.76. The minimum Gasteiger partial charge on any atom is -0.497 e. The van der Waals surface area contributed by atoms with Gasteiger partial charge in [-0.1, -0.05) is 0 Å². The fourth-order valence-electron chi connectivity index (χ4n) is 3.16. The van der Waals surface area contributed by atoms with Crippen LogP contribution in [0.15, 0.2) is 29.3 Å². The molecule has 1 aromatic rings. The maximum absolute atomic E-state index is 12.2. The van der Waals surface area contributed by atoms with Crippen LogP contribution >= 0.6 is 0 Å². The molecule has 1 amide bonds. The van der Waals surface area contributed by atoms with Crippen molar-refractivity contribution in [2.45, 2.75) is 26.2 Å². The van der Waals surface area contributed by atoms with Crippen LogP contribution in [0.1, 0.15) is 36.5 Å². The van der Waals surface area contributed by atoms with Crippen molar-refractivity contribution < 1.29 is 14.3 Å². The summed E-state index contributed by atoms with van der Waals surface area (Å²) in [6.07, 6.45) is 3.45. The van der Waals surface area contributed by atoms with Gasteiger partial charge in [0, 0.05) is 45.5 Å². The number of amides is 1. The summed E-state index contributed by atoms with van der Waals surface area (Å²) in [6.45, 7) is 6.65. The number of hydrogen-bond donors (Lipinski definition) is 2. The number of rotatable bonds is 9. The van der Waals surface area contributed by atoms with Crippen LogP contribution < -0.4 is 15.4 Å². The van der Waals surface area contributed by atoms with E-state index in [-0.39, 0.29) is 5.91 Å². The van der Waals surface area contributed by atoms with E-state index in [4.69, 9.17) is 9.47 Å². The molecule has 0 unspecified atom stereocenters. The number of methoxy groups -OCH3 is 1. The van der Waals surface area contributed by atoms with E-state index in [0.717, 1.165) is 63.2 Å². The van der Waals surface area contributed by atoms with E-state index in [0.29, 0.717) is 18.7 Å². The molecule has 1 aromatic carbocycles. The zero-order valence-corrected chi connectivity index (χ0v) is 17.4. The molecule has 2 rings (SSSR count). The number of hydrogen-bond acceptors (Lipinski definition) is 4. The first kappa shape index (κ1) is 22.0. The van der Waals surface area contributed by atoms with Crippen molar-refractivity contribution in [3.8, 4) is 5.75 Å². The summed E-state index contributed by atoms with van der Waals surface area (Å²) in [7, 11) is 3.67. The van der Waals surface area contributed by atoms with Crippen LogP contribution in [0, 0.1) is 5.92 Å². The van der Waals surface area contributed by atoms with E-state index in [9.17, 15) is 4.79 Å². The van der Waals surface area contributed by atoms with Gasteiger partial charge in [-0.25, -0.2) is 0 Å². The van der Waals surface area contributed by atoms with E-state index < -0.39 is 0 Å². The molecular weight excluding hydrogens is 356 g/mol. The molecule has 1 saturated heterocycles. The Kier molecular flexibility index (Phi) is 9.62. The lowest BCUT2D eigenvalue weighted by atomic mass is 9.96. The molecule has 0 radical (unpaired) electrons. The molecule has 0 spiro atoms. The highest BCUT2D eigenvalue weighted by Gasteiger charge is 2.15. The molecule has 1 heterocycles. The van der Waals surface area contributed by atoms with Crippen molar-refractivity contribution in [3.63, 3.8) is 0 Å². The van der Waals surface area contributed by atoms with Gasteiger partial charge in [0.05, 0.1) is 13.7 Å². The average molecular weight is 391 g/mol. The number of carbonyl (C=O) groups excluding carboxylic acids is 1. The molecule has 1 aliphatic heterocycles. The molecule has 7 nitrogen and oxygen atoms in total. The molecule has 0 aliphatic carbocycles. The minimum absolute atomic E-state index is 0.101. The molecule has 2 N–H and O–H groups in total. The Labute approximate surface area is 168 Å². The number of guanidine groups is 1. The number of nitrogens with zero attached hydrogens (tertiary/aromatic N) is 2. The van der Waals surface area contributed by atoms with Crippen molar-refractivity contribution in [2.75, 3.05) is 53.6 Å². The maximum atomic E-state index is 12.2. The molecule has 7 heteroatoms. The third-order valence-electron chi connectivity index (χ3n) is 4.92. The van der Waals surface area contributed by atoms with Crippen LogP contribution in [0.5, 0.6) is 5.75 Å². The highest BCUT2D eigenvalue weighted by molar-refractivity contribution is 5.94. The first-order chi connectivity index (χ1) is 13.6. The van der Waals surface area contributed by atoms with Crippen molar-refractivity contribution >= 4 is 11.9 Å². The number of benzene rings is 1. The van der Waals surface area contributed by atoms with Crippen LogP contribution in [-0.2, 0) is 4.74 Å². The number of ether oxygens (including phenoxy) is 2. The number of carbonyl (C=O) groups is 1. The van der Waals surface area contributed by atoms with Gasteiger partial charge in [-0.3, -0.25) is 9.79 Å². The zero-order chi connectivity index (χ0) is 20.2. The average Bonchev–Trinajstić information content (AvgIpc) is 2.74. The largest absolute Gasteiger partial charge is 0.497 e. The molecular formula is C21H34N4O3. The number of aliphatic imine (C=N–C) groups is 1. The van der Waals surface area contributed by atoms with Gasteiger partial charge in [0.2, 0.25) is 0 Å². The Morgan fingerprint density at radius 1 is 1.25 bits per heavy atom. The van der Waals surface area contributed by atoms with Gasteiger partial charge >= 0.3 is 0 Å². The summed E-state index contributed by atoms with van der Waals surface area (Å²) in [5.41, 5.74) is 0.616. The van der Waals surface area contributed by atoms with Crippen molar-refractivity contribution in [1.29, 1.82) is 0 Å². The quantitative estimate of drug-likeness (QED) is 0.384. The highest BCUT2D eigenvalue weighted by Crippen LogP contribution is 2.18. The molecule has 0 saturated carbocycles. The topological polar surface area (TPSA) is 75.2 Å². The van der Waals surface area contributed by atoms with Gasteiger partial charge in [-0.05, 0) is 56.4 Å². The van der Waals surface area contributed by atoms with E-state index in [1.54, 1.807) is 31.4 Å². The summed E-state index contributed by atoms with van der Waals surface area (Å²) in [6, 6.07) is 7.07. The van der Waals surface area contributed by atoms with Gasteiger partial charge < -0.3 is 25.0 Å². The van der Waals surface area contributed by atoms with E-state index in [1.165, 1.54) is 0 Å². The molecule has 28 heavy (non-hydrogen) atoms. The second kappa shape index (κ2) is 12.2. The summed E-state index contributed by atoms with van der Waals surface area (Å²) >= 11 is 0. The first-order valence-corrected chi connectivity index (χ1v) is 10.1. The molecule has 156 valence electrons. The summed E-state index contributed by atoms with van der Waals surface area (Å²) < 4.78 is 10.5. The maximum Gasteiger partial charge on any atom is 0.251 e. The molecule has 0 atom stereocenters. The monoisotopic (exact) mass is 390 g/mol. The van der Waals surface area contributed by atoms with Crippen LogP contribution in [0.25, 0.3) is 0 Å². The first-order valence-electron chi connectivity index (χ1n) is 10.1. The molecule has 1 aliphatic rings. The third-order valence-corrected chi connectivity index (χ3v) is 4.92. The van der Waals surface area contributed by atoms with Gasteiger partial charge in [-0.2, -0.15) is 0 Å². The SMILES string of the molecule is CCNC(=NCCNC(=O)c1ccc(OC)cc1)N(C)CCC1CCOCC1. The smallest absolute Gasteiger partial charge is 0.251 e. The highest BCUT2D eigenvalue weighted by atomic mass is 16.5. The summed E-state index contributed by atoms with van der Waals surface area (Å²) in [5.74, 6) is 2.26. The van der Waals surface area contributed by atoms with Gasteiger partial charge in [0.1, 0.15) is 5.75 Å².